The highest BCUT2D eigenvalue weighted by Crippen LogP contribution is 2.39. The number of morpholine rings is 1. The molecule has 7 nitrogen and oxygen atoms in total. The number of likely N-dealkylation sites (tertiary alicyclic amines) is 1. The van der Waals surface area contributed by atoms with Crippen molar-refractivity contribution in [2.75, 3.05) is 39.4 Å². The number of benzene rings is 2. The van der Waals surface area contributed by atoms with Crippen molar-refractivity contribution >= 4 is 33.4 Å². The second kappa shape index (κ2) is 10.9. The van der Waals surface area contributed by atoms with Crippen LogP contribution in [0.1, 0.15) is 31.0 Å². The molecular weight excluding hydrogens is 519 g/mol. The van der Waals surface area contributed by atoms with Crippen molar-refractivity contribution in [2.45, 2.75) is 26.0 Å². The van der Waals surface area contributed by atoms with Crippen molar-refractivity contribution in [1.82, 2.24) is 4.90 Å². The average Bonchev–Trinajstić information content (AvgIpc) is 3.09. The van der Waals surface area contributed by atoms with Crippen molar-refractivity contribution in [2.24, 2.45) is 0 Å². The number of ether oxygens (including phenoxy) is 2. The number of nitrogens with zero attached hydrogens (tertiary/aromatic N) is 1. The summed E-state index contributed by atoms with van der Waals surface area (Å²) in [6.07, 6.45) is -0.238. The molecule has 186 valence electrons. The van der Waals surface area contributed by atoms with Gasteiger partial charge in [0.05, 0.1) is 38.4 Å². The van der Waals surface area contributed by atoms with Gasteiger partial charge in [-0.3, -0.25) is 9.59 Å². The van der Waals surface area contributed by atoms with E-state index in [1.165, 1.54) is 21.9 Å². The quantitative estimate of drug-likeness (QED) is 0.323. The first-order valence-corrected chi connectivity index (χ1v) is 12.5. The topological polar surface area (TPSA) is 83.3 Å². The molecule has 1 unspecified atom stereocenters. The van der Waals surface area contributed by atoms with Gasteiger partial charge >= 0.3 is 0 Å². The third-order valence-corrected chi connectivity index (χ3v) is 6.71. The second-order valence-corrected chi connectivity index (χ2v) is 9.86. The maximum atomic E-state index is 14.6. The van der Waals surface area contributed by atoms with E-state index in [1.54, 1.807) is 38.1 Å². The molecule has 0 saturated carbocycles. The number of carbonyl (C=O) groups is 2. The molecule has 35 heavy (non-hydrogen) atoms. The van der Waals surface area contributed by atoms with Gasteiger partial charge in [-0.25, -0.2) is 4.39 Å². The molecule has 0 radical (unpaired) electrons. The van der Waals surface area contributed by atoms with Crippen LogP contribution in [0.2, 0.25) is 0 Å². The van der Waals surface area contributed by atoms with Crippen LogP contribution in [0.5, 0.6) is 5.75 Å². The van der Waals surface area contributed by atoms with Crippen LogP contribution >= 0.6 is 15.9 Å². The summed E-state index contributed by atoms with van der Waals surface area (Å²) in [7, 11) is 0. The molecule has 2 saturated heterocycles. The summed E-state index contributed by atoms with van der Waals surface area (Å²) in [4.78, 5) is 28.9. The van der Waals surface area contributed by atoms with Crippen LogP contribution in [0.25, 0.3) is 5.76 Å². The van der Waals surface area contributed by atoms with E-state index in [1.807, 2.05) is 0 Å². The van der Waals surface area contributed by atoms with E-state index in [4.69, 9.17) is 9.47 Å². The van der Waals surface area contributed by atoms with Crippen molar-refractivity contribution in [3.8, 4) is 5.75 Å². The fourth-order valence-corrected chi connectivity index (χ4v) is 4.69. The van der Waals surface area contributed by atoms with Gasteiger partial charge < -0.3 is 24.4 Å². The lowest BCUT2D eigenvalue weighted by Gasteiger charge is -2.30. The molecule has 0 aliphatic carbocycles. The summed E-state index contributed by atoms with van der Waals surface area (Å²) in [5, 5.41) is 13.5. The number of nitrogens with one attached hydrogen (secondary N) is 1. The van der Waals surface area contributed by atoms with E-state index < -0.39 is 29.3 Å². The van der Waals surface area contributed by atoms with Gasteiger partial charge in [-0.15, -0.1) is 0 Å². The molecule has 2 heterocycles. The van der Waals surface area contributed by atoms with Gasteiger partial charge in [0.2, 0.25) is 5.78 Å². The number of hydrogen-bond donors (Lipinski definition) is 1. The van der Waals surface area contributed by atoms with E-state index in [9.17, 15) is 19.1 Å². The largest absolute Gasteiger partial charge is 0.872 e. The van der Waals surface area contributed by atoms with Crippen LogP contribution < -0.4 is 14.7 Å². The Hall–Kier alpha value is -2.75. The standard InChI is InChI=1S/C26H28BrFN2O5/c1-16(2)35-21-8-5-18(15-20(21)28)24(31)22-23(17-3-6-19(27)7-4-17)30(26(33)25(22)32)10-9-29-11-13-34-14-12-29/h3-8,15-16,23,31H,9-14H2,1-2H3. The van der Waals surface area contributed by atoms with E-state index in [0.29, 0.717) is 31.9 Å². The first-order valence-electron chi connectivity index (χ1n) is 11.7. The number of hydrogen-bond acceptors (Lipinski definition) is 5. The highest BCUT2D eigenvalue weighted by Gasteiger charge is 2.44. The summed E-state index contributed by atoms with van der Waals surface area (Å²) in [6.45, 7) is 7.42. The molecular formula is C26H28BrFN2O5. The predicted molar refractivity (Wildman–Crippen MR) is 129 cm³/mol. The summed E-state index contributed by atoms with van der Waals surface area (Å²) in [5.41, 5.74) is 0.483. The molecule has 2 aromatic rings. The van der Waals surface area contributed by atoms with Gasteiger partial charge in [-0.2, -0.15) is 0 Å². The van der Waals surface area contributed by atoms with Gasteiger partial charge in [0, 0.05) is 10.0 Å². The fraction of sp³-hybridized carbons (Fsp3) is 0.385. The molecule has 2 aromatic carbocycles. The predicted octanol–water partition coefficient (Wildman–Crippen LogP) is 1.51. The minimum Gasteiger partial charge on any atom is -0.872 e. The van der Waals surface area contributed by atoms with Crippen LogP contribution in [0.15, 0.2) is 52.5 Å². The van der Waals surface area contributed by atoms with Crippen molar-refractivity contribution < 1.29 is 33.5 Å². The minimum absolute atomic E-state index is 0.00229. The van der Waals surface area contributed by atoms with Crippen molar-refractivity contribution in [3.05, 3.63) is 69.5 Å². The van der Waals surface area contributed by atoms with Crippen molar-refractivity contribution in [3.63, 3.8) is 0 Å². The zero-order valence-corrected chi connectivity index (χ0v) is 21.3. The fourth-order valence-electron chi connectivity index (χ4n) is 4.43. The van der Waals surface area contributed by atoms with E-state index in [-0.39, 0.29) is 23.0 Å². The Morgan fingerprint density at radius 1 is 1.20 bits per heavy atom. The molecule has 0 aromatic heterocycles. The van der Waals surface area contributed by atoms with Gasteiger partial charge in [0.1, 0.15) is 13.1 Å². The Kier molecular flexibility index (Phi) is 7.88. The Morgan fingerprint density at radius 3 is 2.51 bits per heavy atom. The highest BCUT2D eigenvalue weighted by atomic mass is 79.9. The summed E-state index contributed by atoms with van der Waals surface area (Å²) < 4.78 is 26.3. The van der Waals surface area contributed by atoms with Gasteiger partial charge in [0.15, 0.2) is 11.6 Å². The number of quaternary nitrogens is 1. The van der Waals surface area contributed by atoms with Crippen LogP contribution in [-0.2, 0) is 14.3 Å². The molecule has 1 amide bonds. The number of Topliss-reactive ketones (excluding diaryl/α,β-unsaturated/α-hetero) is 1. The minimum atomic E-state index is -0.845. The molecule has 9 heteroatoms. The lowest BCUT2D eigenvalue weighted by atomic mass is 9.95. The van der Waals surface area contributed by atoms with Crippen molar-refractivity contribution in [1.29, 1.82) is 0 Å². The highest BCUT2D eigenvalue weighted by molar-refractivity contribution is 9.10. The molecule has 1 N–H and O–H groups in total. The Balaban J connectivity index is 1.72. The maximum Gasteiger partial charge on any atom is 0.295 e. The summed E-state index contributed by atoms with van der Waals surface area (Å²) in [5.74, 6) is -2.89. The summed E-state index contributed by atoms with van der Waals surface area (Å²) in [6, 6.07) is 10.2. The molecule has 2 aliphatic heterocycles. The lowest BCUT2D eigenvalue weighted by Crippen LogP contribution is -3.14. The molecule has 1 atom stereocenters. The number of ketones is 1. The number of rotatable bonds is 7. The zero-order chi connectivity index (χ0) is 25.1. The van der Waals surface area contributed by atoms with Crippen LogP contribution in [0.3, 0.4) is 0 Å². The molecule has 4 rings (SSSR count). The second-order valence-electron chi connectivity index (χ2n) is 8.95. The number of halogens is 2. The van der Waals surface area contributed by atoms with E-state index in [0.717, 1.165) is 23.6 Å². The smallest absolute Gasteiger partial charge is 0.295 e. The Labute approximate surface area is 212 Å². The number of carbonyl (C=O) groups excluding carboxylic acids is 2. The van der Waals surface area contributed by atoms with Crippen LogP contribution in [0.4, 0.5) is 4.39 Å². The van der Waals surface area contributed by atoms with Gasteiger partial charge in [-0.1, -0.05) is 39.9 Å². The van der Waals surface area contributed by atoms with Crippen LogP contribution in [0, 0.1) is 5.82 Å². The Morgan fingerprint density at radius 2 is 1.89 bits per heavy atom. The van der Waals surface area contributed by atoms with E-state index >= 15 is 0 Å². The first kappa shape index (κ1) is 25.3. The van der Waals surface area contributed by atoms with Gasteiger partial charge in [-0.05, 0) is 49.2 Å². The molecule has 2 aliphatic rings. The third-order valence-electron chi connectivity index (χ3n) is 6.18. The maximum absolute atomic E-state index is 14.6. The molecule has 0 bridgehead atoms. The summed E-state index contributed by atoms with van der Waals surface area (Å²) >= 11 is 3.40. The average molecular weight is 547 g/mol. The van der Waals surface area contributed by atoms with Crippen LogP contribution in [-0.4, -0.2) is 62.1 Å². The zero-order valence-electron chi connectivity index (χ0n) is 19.7. The third kappa shape index (κ3) is 5.58. The van der Waals surface area contributed by atoms with Gasteiger partial charge in [0.25, 0.3) is 5.91 Å². The SMILES string of the molecule is CC(C)Oc1ccc(C([O-])=C2C(=O)C(=O)N(CC[NH+]3CCOCC3)C2c2ccc(Br)cc2)cc1F. The molecule has 2 fully saturated rings. The molecule has 0 spiro atoms. The van der Waals surface area contributed by atoms with E-state index in [2.05, 4.69) is 15.9 Å². The monoisotopic (exact) mass is 546 g/mol. The normalized spacial score (nSPS) is 20.6. The number of amides is 1. The lowest BCUT2D eigenvalue weighted by molar-refractivity contribution is -0.907. The Bertz CT molecular complexity index is 1130. The first-order chi connectivity index (χ1) is 16.8.